The van der Waals surface area contributed by atoms with Gasteiger partial charge < -0.3 is 5.11 Å². The number of hydrogen-bond donors (Lipinski definition) is 1. The Bertz CT molecular complexity index is 851. The second kappa shape index (κ2) is 4.86. The van der Waals surface area contributed by atoms with Crippen molar-refractivity contribution in [3.8, 4) is 5.88 Å². The third kappa shape index (κ3) is 1.99. The number of aromatic nitrogens is 2. The summed E-state index contributed by atoms with van der Waals surface area (Å²) in [5.74, 6) is -1.05. The largest absolute Gasteiger partial charge is 0.494 e. The van der Waals surface area contributed by atoms with Crippen LogP contribution in [-0.4, -0.2) is 26.3 Å². The van der Waals surface area contributed by atoms with Crippen LogP contribution in [0.25, 0.3) is 10.9 Å². The number of nitrogens with zero attached hydrogens (tertiary/aromatic N) is 2. The van der Waals surface area contributed by atoms with Crippen LogP contribution < -0.4 is 0 Å². The van der Waals surface area contributed by atoms with E-state index in [1.165, 1.54) is 13.1 Å². The molecule has 1 N–H and O–H groups in total. The zero-order valence-corrected chi connectivity index (χ0v) is 11.3. The third-order valence-electron chi connectivity index (χ3n) is 3.32. The Kier molecular flexibility index (Phi) is 3.02. The van der Waals surface area contributed by atoms with Gasteiger partial charge in [-0.05, 0) is 18.2 Å². The van der Waals surface area contributed by atoms with E-state index in [0.717, 1.165) is 4.57 Å². The van der Waals surface area contributed by atoms with E-state index in [9.17, 15) is 14.7 Å². The van der Waals surface area contributed by atoms with Crippen molar-refractivity contribution in [3.05, 3.63) is 59.9 Å². The summed E-state index contributed by atoms with van der Waals surface area (Å²) in [4.78, 5) is 28.2. The predicted octanol–water partition coefficient (Wildman–Crippen LogP) is 2.63. The number of fused-ring (bicyclic) bond motifs is 1. The summed E-state index contributed by atoms with van der Waals surface area (Å²) >= 11 is 0. The molecule has 0 bridgehead atoms. The molecule has 0 radical (unpaired) electrons. The summed E-state index contributed by atoms with van der Waals surface area (Å²) in [6.45, 7) is 1.34. The number of hydrogen-bond acceptors (Lipinski definition) is 4. The van der Waals surface area contributed by atoms with Crippen LogP contribution in [0.2, 0.25) is 0 Å². The van der Waals surface area contributed by atoms with E-state index in [1.54, 1.807) is 42.6 Å². The topological polar surface area (TPSA) is 72.2 Å². The van der Waals surface area contributed by atoms with Crippen LogP contribution in [0.5, 0.6) is 5.88 Å². The third-order valence-corrected chi connectivity index (χ3v) is 3.32. The average molecular weight is 280 g/mol. The maximum absolute atomic E-state index is 12.6. The zero-order valence-electron chi connectivity index (χ0n) is 11.3. The predicted molar refractivity (Wildman–Crippen MR) is 77.6 cm³/mol. The summed E-state index contributed by atoms with van der Waals surface area (Å²) in [7, 11) is 0. The molecule has 2 aromatic heterocycles. The lowest BCUT2D eigenvalue weighted by molar-refractivity contribution is 0.0933. The molecule has 5 heteroatoms. The fraction of sp³-hybridized carbons (Fsp3) is 0.0625. The van der Waals surface area contributed by atoms with E-state index in [1.807, 2.05) is 0 Å². The molecule has 1 aromatic carbocycles. The van der Waals surface area contributed by atoms with Gasteiger partial charge in [-0.1, -0.05) is 18.2 Å². The van der Waals surface area contributed by atoms with Crippen LogP contribution in [0, 0.1) is 0 Å². The number of pyridine rings is 1. The van der Waals surface area contributed by atoms with Gasteiger partial charge in [0, 0.05) is 30.3 Å². The Labute approximate surface area is 120 Å². The Morgan fingerprint density at radius 1 is 1.14 bits per heavy atom. The first-order valence-corrected chi connectivity index (χ1v) is 6.39. The van der Waals surface area contributed by atoms with Gasteiger partial charge in [-0.15, -0.1) is 0 Å². The molecule has 0 aliphatic heterocycles. The lowest BCUT2D eigenvalue weighted by Crippen LogP contribution is -2.06. The summed E-state index contributed by atoms with van der Waals surface area (Å²) in [5.41, 5.74) is 0.989. The minimum absolute atomic E-state index is 0.119. The molecule has 104 valence electrons. The fourth-order valence-corrected chi connectivity index (χ4v) is 2.41. The maximum atomic E-state index is 12.6. The highest BCUT2D eigenvalue weighted by atomic mass is 16.3. The van der Waals surface area contributed by atoms with Gasteiger partial charge in [0.15, 0.2) is 0 Å². The van der Waals surface area contributed by atoms with Crippen molar-refractivity contribution in [2.45, 2.75) is 6.92 Å². The fourth-order valence-electron chi connectivity index (χ4n) is 2.41. The molecule has 3 rings (SSSR count). The van der Waals surface area contributed by atoms with Crippen LogP contribution in [0.4, 0.5) is 0 Å². The Balaban J connectivity index is 2.31. The molecule has 0 saturated carbocycles. The van der Waals surface area contributed by atoms with E-state index in [4.69, 9.17) is 0 Å². The van der Waals surface area contributed by atoms with E-state index in [0.29, 0.717) is 16.5 Å². The van der Waals surface area contributed by atoms with Gasteiger partial charge in [-0.25, -0.2) is 0 Å². The average Bonchev–Trinajstić information content (AvgIpc) is 2.79. The molecule has 0 unspecified atom stereocenters. The van der Waals surface area contributed by atoms with Crippen LogP contribution in [0.3, 0.4) is 0 Å². The van der Waals surface area contributed by atoms with Crippen molar-refractivity contribution >= 4 is 22.6 Å². The van der Waals surface area contributed by atoms with Crippen molar-refractivity contribution in [1.29, 1.82) is 0 Å². The molecule has 0 spiro atoms. The molecular formula is C16H12N2O3. The van der Waals surface area contributed by atoms with Crippen molar-refractivity contribution in [2.75, 3.05) is 0 Å². The number of rotatable bonds is 2. The quantitative estimate of drug-likeness (QED) is 0.732. The number of benzene rings is 1. The van der Waals surface area contributed by atoms with Crippen LogP contribution in [0.1, 0.15) is 27.6 Å². The first-order chi connectivity index (χ1) is 10.1. The second-order valence-electron chi connectivity index (χ2n) is 4.64. The molecule has 0 atom stereocenters. The molecule has 3 aromatic rings. The molecule has 0 aliphatic rings. The molecule has 0 fully saturated rings. The standard InChI is InChI=1S/C16H12N2O3/c1-10(19)18-13-7-3-2-6-12(13)14(16(18)21)15(20)11-5-4-8-17-9-11/h2-9,21H,1H3. The van der Waals surface area contributed by atoms with E-state index < -0.39 is 0 Å². The van der Waals surface area contributed by atoms with Crippen molar-refractivity contribution in [3.63, 3.8) is 0 Å². The van der Waals surface area contributed by atoms with Crippen LogP contribution in [0.15, 0.2) is 48.8 Å². The highest BCUT2D eigenvalue weighted by Gasteiger charge is 2.24. The molecule has 0 amide bonds. The molecule has 5 nitrogen and oxygen atoms in total. The lowest BCUT2D eigenvalue weighted by atomic mass is 10.0. The summed E-state index contributed by atoms with van der Waals surface area (Å²) < 4.78 is 1.14. The van der Waals surface area contributed by atoms with Crippen molar-refractivity contribution < 1.29 is 14.7 Å². The van der Waals surface area contributed by atoms with Crippen LogP contribution >= 0.6 is 0 Å². The maximum Gasteiger partial charge on any atom is 0.230 e. The minimum atomic E-state index is -0.364. The normalized spacial score (nSPS) is 10.7. The van der Waals surface area contributed by atoms with E-state index in [2.05, 4.69) is 4.98 Å². The summed E-state index contributed by atoms with van der Waals surface area (Å²) in [5, 5.41) is 10.9. The minimum Gasteiger partial charge on any atom is -0.494 e. The Hall–Kier alpha value is -2.95. The zero-order chi connectivity index (χ0) is 15.0. The Morgan fingerprint density at radius 3 is 2.57 bits per heavy atom. The second-order valence-corrected chi connectivity index (χ2v) is 4.64. The Morgan fingerprint density at radius 2 is 1.90 bits per heavy atom. The smallest absolute Gasteiger partial charge is 0.230 e. The number of ketones is 1. The molecule has 0 aliphatic carbocycles. The van der Waals surface area contributed by atoms with Crippen LogP contribution in [-0.2, 0) is 0 Å². The van der Waals surface area contributed by atoms with Gasteiger partial charge in [0.2, 0.25) is 17.6 Å². The number of carbonyl (C=O) groups is 2. The summed E-state index contributed by atoms with van der Waals surface area (Å²) in [6, 6.07) is 10.2. The van der Waals surface area contributed by atoms with Gasteiger partial charge in [0.25, 0.3) is 0 Å². The summed E-state index contributed by atoms with van der Waals surface area (Å²) in [6.07, 6.45) is 3.00. The lowest BCUT2D eigenvalue weighted by Gasteiger charge is -2.01. The highest BCUT2D eigenvalue weighted by molar-refractivity contribution is 6.19. The van der Waals surface area contributed by atoms with Crippen molar-refractivity contribution in [1.82, 2.24) is 9.55 Å². The number of carbonyl (C=O) groups excluding carboxylic acids is 2. The molecule has 2 heterocycles. The van der Waals surface area contributed by atoms with Gasteiger partial charge >= 0.3 is 0 Å². The van der Waals surface area contributed by atoms with Crippen molar-refractivity contribution in [2.24, 2.45) is 0 Å². The highest BCUT2D eigenvalue weighted by Crippen LogP contribution is 2.32. The van der Waals surface area contributed by atoms with Gasteiger partial charge in [0.05, 0.1) is 11.1 Å². The van der Waals surface area contributed by atoms with Gasteiger partial charge in [-0.2, -0.15) is 0 Å². The number of aromatic hydroxyl groups is 1. The molecular weight excluding hydrogens is 268 g/mol. The SMILES string of the molecule is CC(=O)n1c(O)c(C(=O)c2cccnc2)c2ccccc21. The first-order valence-electron chi connectivity index (χ1n) is 6.39. The van der Waals surface area contributed by atoms with E-state index in [-0.39, 0.29) is 23.1 Å². The van der Waals surface area contributed by atoms with Gasteiger partial charge in [-0.3, -0.25) is 19.1 Å². The monoisotopic (exact) mass is 280 g/mol. The first kappa shape index (κ1) is 13.1. The van der Waals surface area contributed by atoms with Gasteiger partial charge in [0.1, 0.15) is 0 Å². The molecule has 0 saturated heterocycles. The van der Waals surface area contributed by atoms with E-state index >= 15 is 0 Å². The number of para-hydroxylation sites is 1. The molecule has 21 heavy (non-hydrogen) atoms.